The molecule has 0 saturated heterocycles. The Balaban J connectivity index is -0.00000000500. The Hall–Kier alpha value is 2.71. The first kappa shape index (κ1) is 15.9. The van der Waals surface area contributed by atoms with Crippen molar-refractivity contribution in [2.45, 2.75) is 0 Å². The van der Waals surface area contributed by atoms with Crippen LogP contribution in [0, 0.1) is 31.3 Å². The van der Waals surface area contributed by atoms with Crippen LogP contribution in [0.15, 0.2) is 0 Å². The molecule has 0 aromatic rings. The van der Waals surface area contributed by atoms with E-state index in [0.29, 0.717) is 0 Å². The van der Waals surface area contributed by atoms with Crippen molar-refractivity contribution >= 4 is 47.4 Å². The molecule has 0 radical (unpaired) electrons. The molecule has 19 valence electrons. The fourth-order valence-corrected chi connectivity index (χ4v) is 0. The van der Waals surface area contributed by atoms with Gasteiger partial charge in [0.2, 0.25) is 0 Å². The molecule has 0 aliphatic heterocycles. The Morgan fingerprint density at radius 2 is 1.25 bits per heavy atom. The third kappa shape index (κ3) is 8.83. The molecule has 0 heterocycles. The predicted octanol–water partition coefficient (Wildman–Crippen LogP) is -1.45. The van der Waals surface area contributed by atoms with E-state index in [4.69, 9.17) is 0 Å². The molecule has 4 heavy (non-hydrogen) atoms. The van der Waals surface area contributed by atoms with Gasteiger partial charge in [-0.3, -0.25) is 0 Å². The van der Waals surface area contributed by atoms with Gasteiger partial charge in [0.1, 0.15) is 0 Å². The molecule has 0 aromatic carbocycles. The summed E-state index contributed by atoms with van der Waals surface area (Å²) in [4.78, 5) is 0. The van der Waals surface area contributed by atoms with Gasteiger partial charge in [0, 0.05) is 0 Å². The Bertz CT molecular complexity index is 8.00. The number of hydrogen-bond acceptors (Lipinski definition) is 1. The van der Waals surface area contributed by atoms with Gasteiger partial charge < -0.3 is 0 Å². The van der Waals surface area contributed by atoms with Gasteiger partial charge in [-0.15, -0.1) is 0 Å². The van der Waals surface area contributed by atoms with Crippen LogP contribution in [0.5, 0.6) is 0 Å². The summed E-state index contributed by atoms with van der Waals surface area (Å²) in [5, 5.41) is 0. The van der Waals surface area contributed by atoms with E-state index in [1.165, 1.54) is 0 Å². The third-order valence-electron chi connectivity index (χ3n) is 0. The van der Waals surface area contributed by atoms with Crippen molar-refractivity contribution in [2.75, 3.05) is 0 Å². The summed E-state index contributed by atoms with van der Waals surface area (Å²) < 4.78 is 0. The molecular weight excluding hydrogens is 222 g/mol. The van der Waals surface area contributed by atoms with Crippen molar-refractivity contribution in [1.82, 2.24) is 0 Å². The van der Waals surface area contributed by atoms with Crippen molar-refractivity contribution in [3.8, 4) is 0 Å². The zero-order valence-corrected chi connectivity index (χ0v) is 5.43. The normalized spacial score (nSPS) is 1.50. The summed E-state index contributed by atoms with van der Waals surface area (Å²) in [6, 6.07) is 0. The van der Waals surface area contributed by atoms with Crippen LogP contribution in [0.1, 0.15) is 0 Å². The molecular formula is H5AlLaMgS. The van der Waals surface area contributed by atoms with Crippen molar-refractivity contribution in [3.63, 3.8) is 0 Å². The van der Waals surface area contributed by atoms with Gasteiger partial charge in [0.25, 0.3) is 0 Å². The summed E-state index contributed by atoms with van der Waals surface area (Å²) >= 11 is 0.750. The molecule has 0 saturated carbocycles. The van der Waals surface area contributed by atoms with E-state index in [9.17, 15) is 0 Å². The van der Waals surface area contributed by atoms with Crippen LogP contribution in [0.25, 0.3) is 0 Å². The summed E-state index contributed by atoms with van der Waals surface area (Å²) in [5.41, 5.74) is 0. The van der Waals surface area contributed by atoms with Crippen LogP contribution in [-0.2, 0) is 0 Å². The van der Waals surface area contributed by atoms with Gasteiger partial charge in [-0.1, -0.05) is 0 Å². The zero-order valence-electron chi connectivity index (χ0n) is 0.986. The fraction of sp³-hybridized carbons (Fsp3) is 0. The second kappa shape index (κ2) is 17.2. The maximum atomic E-state index is 4.25. The molecule has 0 rings (SSSR count). The molecule has 0 spiro atoms. The average Bonchev–Trinajstić information content (AvgIpc) is 1.00. The quantitative estimate of drug-likeness (QED) is 0.456. The number of hydrogen-bond donors (Lipinski definition) is 0. The first-order valence-corrected chi connectivity index (χ1v) is 5.15. The zero-order chi connectivity index (χ0) is 2.00. The van der Waals surface area contributed by atoms with E-state index in [1.807, 2.05) is 0 Å². The van der Waals surface area contributed by atoms with Crippen molar-refractivity contribution in [1.29, 1.82) is 0 Å². The molecule has 0 fully saturated rings. The minimum atomic E-state index is 0. The van der Waals surface area contributed by atoms with Gasteiger partial charge in [-0.25, -0.2) is 0 Å². The SMILES string of the molecule is [AlH3].[MgH2].[S]=[La]. The standard InChI is InChI=1S/Al.La.Mg.S.5H. The Morgan fingerprint density at radius 1 is 1.25 bits per heavy atom. The monoisotopic (exact) mass is 227 g/mol. The van der Waals surface area contributed by atoms with Crippen LogP contribution >= 0.6 is 7.03 Å². The van der Waals surface area contributed by atoms with Gasteiger partial charge >= 0.3 is 61.4 Å². The average molecular weight is 227 g/mol. The molecule has 0 amide bonds. The molecule has 0 unspecified atom stereocenters. The van der Waals surface area contributed by atoms with Gasteiger partial charge in [-0.05, 0) is 0 Å². The molecule has 0 atom stereocenters. The van der Waals surface area contributed by atoms with E-state index in [1.54, 1.807) is 0 Å². The topological polar surface area (TPSA) is 0 Å². The third-order valence-corrected chi connectivity index (χ3v) is 0. The van der Waals surface area contributed by atoms with E-state index in [2.05, 4.69) is 7.03 Å². The van der Waals surface area contributed by atoms with Gasteiger partial charge in [0.15, 0.2) is 17.4 Å². The van der Waals surface area contributed by atoms with Gasteiger partial charge in [0.05, 0.1) is 0 Å². The first-order valence-electron chi connectivity index (χ1n) is 0.236. The van der Waals surface area contributed by atoms with Crippen LogP contribution in [0.4, 0.5) is 0 Å². The molecule has 0 N–H and O–H groups in total. The maximum absolute atomic E-state index is 4.25. The van der Waals surface area contributed by atoms with Crippen LogP contribution in [-0.4, -0.2) is 40.4 Å². The molecule has 0 aliphatic carbocycles. The van der Waals surface area contributed by atoms with E-state index >= 15 is 0 Å². The summed E-state index contributed by atoms with van der Waals surface area (Å²) in [7, 11) is 4.25. The van der Waals surface area contributed by atoms with E-state index < -0.39 is 0 Å². The van der Waals surface area contributed by atoms with E-state index in [0.717, 1.165) is 31.3 Å². The predicted molar refractivity (Wildman–Crippen MR) is 26.1 cm³/mol. The fourth-order valence-electron chi connectivity index (χ4n) is 0. The van der Waals surface area contributed by atoms with Crippen LogP contribution in [0.3, 0.4) is 0 Å². The van der Waals surface area contributed by atoms with Crippen molar-refractivity contribution in [2.24, 2.45) is 0 Å². The second-order valence-corrected chi connectivity index (χ2v) is 0. The van der Waals surface area contributed by atoms with E-state index in [-0.39, 0.29) is 40.4 Å². The van der Waals surface area contributed by atoms with Gasteiger partial charge in [-0.2, -0.15) is 0 Å². The Labute approximate surface area is 77.1 Å². The summed E-state index contributed by atoms with van der Waals surface area (Å²) in [5.74, 6) is 0. The van der Waals surface area contributed by atoms with Crippen LogP contribution in [0.2, 0.25) is 0 Å². The molecule has 0 nitrogen and oxygen atoms in total. The molecule has 0 bridgehead atoms. The summed E-state index contributed by atoms with van der Waals surface area (Å²) in [6.07, 6.45) is 0. The number of rotatable bonds is 0. The minimum absolute atomic E-state index is 0. The summed E-state index contributed by atoms with van der Waals surface area (Å²) in [6.45, 7) is 0. The Kier molecular flexibility index (Phi) is 68.5. The van der Waals surface area contributed by atoms with Crippen molar-refractivity contribution in [3.05, 3.63) is 0 Å². The second-order valence-electron chi connectivity index (χ2n) is 0. The van der Waals surface area contributed by atoms with Crippen LogP contribution < -0.4 is 0 Å². The molecule has 0 aromatic heterocycles. The van der Waals surface area contributed by atoms with Crippen molar-refractivity contribution < 1.29 is 31.3 Å². The first-order chi connectivity index (χ1) is 1.00. The molecule has 4 heteroatoms. The Morgan fingerprint density at radius 3 is 1.25 bits per heavy atom. The molecule has 0 aliphatic rings.